The van der Waals surface area contributed by atoms with Gasteiger partial charge in [0.1, 0.15) is 6.04 Å². The molecule has 0 bridgehead atoms. The fourth-order valence-electron chi connectivity index (χ4n) is 2.01. The summed E-state index contributed by atoms with van der Waals surface area (Å²) in [6, 6.07) is 4.76. The summed E-state index contributed by atoms with van der Waals surface area (Å²) in [6.45, 7) is 5.24. The van der Waals surface area contributed by atoms with Gasteiger partial charge in [-0.05, 0) is 31.0 Å². The standard InChI is InChI=1S/C15H23N3O3/c1-10-5-3-6-12(11(10)2)18-14(19)9-13(15(20)21)17-8-4-7-16/h3,5-6,13,17H,4,7-9,16H2,1-2H3,(H,18,19)(H,20,21)/p+1/t13-/m1/s1. The van der Waals surface area contributed by atoms with E-state index in [9.17, 15) is 14.7 Å². The highest BCUT2D eigenvalue weighted by Gasteiger charge is 2.18. The van der Waals surface area contributed by atoms with Crippen LogP contribution >= 0.6 is 0 Å². The number of carbonyl (C=O) groups is 2. The van der Waals surface area contributed by atoms with Crippen LogP contribution in [0.3, 0.4) is 0 Å². The number of anilines is 1. The summed E-state index contributed by atoms with van der Waals surface area (Å²) < 4.78 is 0. The van der Waals surface area contributed by atoms with E-state index in [1.165, 1.54) is 0 Å². The Bertz CT molecular complexity index is 503. The van der Waals surface area contributed by atoms with Crippen molar-refractivity contribution in [2.45, 2.75) is 32.7 Å². The molecule has 0 aliphatic carbocycles. The number of rotatable bonds is 8. The summed E-state index contributed by atoms with van der Waals surface area (Å²) in [5.41, 5.74) is 6.48. The summed E-state index contributed by atoms with van der Waals surface area (Å²) in [6.07, 6.45) is 0.704. The summed E-state index contributed by atoms with van der Waals surface area (Å²) in [4.78, 5) is 23.1. The maximum Gasteiger partial charge on any atom is 0.230 e. The van der Waals surface area contributed by atoms with Crippen LogP contribution in [-0.4, -0.2) is 31.0 Å². The van der Waals surface area contributed by atoms with Crippen LogP contribution in [0.5, 0.6) is 0 Å². The highest BCUT2D eigenvalue weighted by molar-refractivity contribution is 5.94. The molecule has 116 valence electrons. The quantitative estimate of drug-likeness (QED) is 0.479. The molecule has 6 nitrogen and oxygen atoms in total. The minimum atomic E-state index is -1.21. The van der Waals surface area contributed by atoms with Gasteiger partial charge in [0.2, 0.25) is 5.91 Å². The lowest BCUT2D eigenvalue weighted by Gasteiger charge is -2.17. The summed E-state index contributed by atoms with van der Waals surface area (Å²) in [5, 5.41) is 15.5. The highest BCUT2D eigenvalue weighted by atomic mass is 16.4. The van der Waals surface area contributed by atoms with Gasteiger partial charge in [-0.25, -0.2) is 0 Å². The van der Waals surface area contributed by atoms with Gasteiger partial charge in [0.25, 0.3) is 0 Å². The molecule has 6 N–H and O–H groups in total. The maximum absolute atomic E-state index is 12.0. The molecule has 0 unspecified atom stereocenters. The van der Waals surface area contributed by atoms with Gasteiger partial charge in [0.15, 0.2) is 0 Å². The van der Waals surface area contributed by atoms with Gasteiger partial charge in [-0.15, -0.1) is 0 Å². The second-order valence-corrected chi connectivity index (χ2v) is 5.16. The molecule has 0 heterocycles. The fourth-order valence-corrected chi connectivity index (χ4v) is 2.01. The first-order valence-corrected chi connectivity index (χ1v) is 7.15. The van der Waals surface area contributed by atoms with Gasteiger partial charge in [-0.2, -0.15) is 0 Å². The number of aliphatic carboxylic acids is 1. The van der Waals surface area contributed by atoms with Crippen LogP contribution in [0.2, 0.25) is 0 Å². The van der Waals surface area contributed by atoms with Gasteiger partial charge >= 0.3 is 0 Å². The van der Waals surface area contributed by atoms with Crippen LogP contribution in [0.1, 0.15) is 24.0 Å². The van der Waals surface area contributed by atoms with E-state index in [1.807, 2.05) is 26.0 Å². The number of amides is 1. The molecule has 0 saturated heterocycles. The van der Waals surface area contributed by atoms with Crippen LogP contribution in [0.15, 0.2) is 18.2 Å². The molecule has 0 aliphatic heterocycles. The van der Waals surface area contributed by atoms with Crippen LogP contribution < -0.4 is 21.5 Å². The Balaban J connectivity index is 2.61. The van der Waals surface area contributed by atoms with Crippen LogP contribution in [-0.2, 0) is 9.59 Å². The first-order valence-electron chi connectivity index (χ1n) is 7.15. The first kappa shape index (κ1) is 17.1. The van der Waals surface area contributed by atoms with E-state index in [0.717, 1.165) is 29.8 Å². The normalized spacial score (nSPS) is 12.0. The Morgan fingerprint density at radius 3 is 2.71 bits per heavy atom. The average molecular weight is 294 g/mol. The van der Waals surface area contributed by atoms with Gasteiger partial charge in [0.05, 0.1) is 25.5 Å². The van der Waals surface area contributed by atoms with E-state index in [1.54, 1.807) is 11.4 Å². The Kier molecular flexibility index (Phi) is 6.84. The lowest BCUT2D eigenvalue weighted by atomic mass is 10.1. The second-order valence-electron chi connectivity index (χ2n) is 5.16. The highest BCUT2D eigenvalue weighted by Crippen LogP contribution is 2.18. The Hall–Kier alpha value is -1.92. The molecule has 1 aromatic rings. The zero-order chi connectivity index (χ0) is 15.8. The van der Waals surface area contributed by atoms with Crippen molar-refractivity contribution in [1.29, 1.82) is 0 Å². The summed E-state index contributed by atoms with van der Waals surface area (Å²) >= 11 is 0. The van der Waals surface area contributed by atoms with Gasteiger partial charge < -0.3 is 26.3 Å². The molecule has 0 fully saturated rings. The van der Waals surface area contributed by atoms with Crippen molar-refractivity contribution < 1.29 is 25.7 Å². The van der Waals surface area contributed by atoms with Crippen molar-refractivity contribution >= 4 is 17.6 Å². The van der Waals surface area contributed by atoms with E-state index >= 15 is 0 Å². The zero-order valence-electron chi connectivity index (χ0n) is 12.6. The summed E-state index contributed by atoms with van der Waals surface area (Å²) in [7, 11) is 0. The zero-order valence-corrected chi connectivity index (χ0v) is 12.6. The van der Waals surface area contributed by atoms with E-state index in [0.29, 0.717) is 6.54 Å². The lowest BCUT2D eigenvalue weighted by molar-refractivity contribution is -0.684. The largest absolute Gasteiger partial charge is 0.544 e. The number of hydrogen-bond acceptors (Lipinski definition) is 3. The third kappa shape index (κ3) is 5.53. The van der Waals surface area contributed by atoms with Crippen molar-refractivity contribution in [3.8, 4) is 0 Å². The molecular formula is C15H24N3O3+. The van der Waals surface area contributed by atoms with E-state index < -0.39 is 12.0 Å². The predicted octanol–water partition coefficient (Wildman–Crippen LogP) is -2.05. The van der Waals surface area contributed by atoms with Crippen molar-refractivity contribution in [3.05, 3.63) is 29.3 Å². The topological polar surface area (TPSA) is 113 Å². The molecular weight excluding hydrogens is 270 g/mol. The smallest absolute Gasteiger partial charge is 0.230 e. The average Bonchev–Trinajstić information content (AvgIpc) is 2.43. The van der Waals surface area contributed by atoms with E-state index in [4.69, 9.17) is 0 Å². The van der Waals surface area contributed by atoms with Crippen molar-refractivity contribution in [2.75, 3.05) is 18.4 Å². The second kappa shape index (κ2) is 8.39. The van der Waals surface area contributed by atoms with Crippen molar-refractivity contribution in [2.24, 2.45) is 0 Å². The third-order valence-electron chi connectivity index (χ3n) is 3.49. The molecule has 0 radical (unpaired) electrons. The molecule has 6 heteroatoms. The SMILES string of the molecule is Cc1cccc(NC(=O)C[C@@H]([NH2+]CCC[NH3+])C(=O)[O-])c1C. The molecule has 1 amide bonds. The molecule has 1 rings (SSSR count). The molecule has 1 aromatic carbocycles. The molecule has 0 saturated carbocycles. The van der Waals surface area contributed by atoms with Crippen molar-refractivity contribution in [1.82, 2.24) is 0 Å². The Labute approximate surface area is 124 Å². The van der Waals surface area contributed by atoms with Gasteiger partial charge in [0, 0.05) is 12.1 Å². The van der Waals surface area contributed by atoms with Gasteiger partial charge in [-0.1, -0.05) is 12.1 Å². The Morgan fingerprint density at radius 2 is 2.10 bits per heavy atom. The molecule has 0 aliphatic rings. The lowest BCUT2D eigenvalue weighted by Crippen LogP contribution is -2.93. The van der Waals surface area contributed by atoms with Gasteiger partial charge in [-0.3, -0.25) is 4.79 Å². The van der Waals surface area contributed by atoms with Crippen LogP contribution in [0.25, 0.3) is 0 Å². The fraction of sp³-hybridized carbons (Fsp3) is 0.467. The molecule has 21 heavy (non-hydrogen) atoms. The third-order valence-corrected chi connectivity index (χ3v) is 3.49. The molecule has 0 aromatic heterocycles. The number of carboxylic acid groups (broad SMARTS) is 1. The van der Waals surface area contributed by atoms with Crippen LogP contribution in [0.4, 0.5) is 5.69 Å². The maximum atomic E-state index is 12.0. The van der Waals surface area contributed by atoms with Crippen molar-refractivity contribution in [3.63, 3.8) is 0 Å². The Morgan fingerprint density at radius 1 is 1.38 bits per heavy atom. The molecule has 0 spiro atoms. The number of nitrogens with two attached hydrogens (primary N) is 1. The number of benzene rings is 1. The number of hydrogen-bond donors (Lipinski definition) is 3. The monoisotopic (exact) mass is 294 g/mol. The van der Waals surface area contributed by atoms with E-state index in [2.05, 4.69) is 11.1 Å². The predicted molar refractivity (Wildman–Crippen MR) is 77.1 cm³/mol. The number of nitrogens with one attached hydrogen (secondary N) is 1. The minimum Gasteiger partial charge on any atom is -0.544 e. The minimum absolute atomic E-state index is 0.104. The summed E-state index contributed by atoms with van der Waals surface area (Å²) in [5.74, 6) is -1.53. The first-order chi connectivity index (χ1) is 9.95. The van der Waals surface area contributed by atoms with Crippen LogP contribution in [0, 0.1) is 13.8 Å². The molecule has 1 atom stereocenters. The van der Waals surface area contributed by atoms with E-state index in [-0.39, 0.29) is 12.3 Å². The number of quaternary nitrogens is 2. The number of aryl methyl sites for hydroxylation is 1. The number of carboxylic acids is 1. The number of carbonyl (C=O) groups excluding carboxylic acids is 2.